The fourth-order valence-corrected chi connectivity index (χ4v) is 5.87. The van der Waals surface area contributed by atoms with Gasteiger partial charge < -0.3 is 10.1 Å². The van der Waals surface area contributed by atoms with Gasteiger partial charge in [0.2, 0.25) is 5.91 Å². The van der Waals surface area contributed by atoms with Crippen molar-refractivity contribution in [2.24, 2.45) is 0 Å². The van der Waals surface area contributed by atoms with E-state index in [-0.39, 0.29) is 23.3 Å². The molecule has 0 bridgehead atoms. The molecule has 8 heteroatoms. The predicted molar refractivity (Wildman–Crippen MR) is 121 cm³/mol. The number of carbonyl (C=O) groups is 1. The lowest BCUT2D eigenvalue weighted by Gasteiger charge is -2.15. The van der Waals surface area contributed by atoms with Crippen LogP contribution in [0, 0.1) is 13.8 Å². The molecule has 3 heterocycles. The van der Waals surface area contributed by atoms with Gasteiger partial charge in [-0.3, -0.25) is 14.2 Å². The number of aromatic nitrogens is 2. The fraction of sp³-hybridized carbons (Fsp3) is 0.500. The van der Waals surface area contributed by atoms with Crippen molar-refractivity contribution >= 4 is 29.4 Å². The summed E-state index contributed by atoms with van der Waals surface area (Å²) in [6.07, 6.45) is 2.93. The van der Waals surface area contributed by atoms with Gasteiger partial charge in [0.15, 0.2) is 5.16 Å². The number of benzene rings is 1. The molecule has 1 saturated heterocycles. The zero-order valence-electron chi connectivity index (χ0n) is 17.6. The van der Waals surface area contributed by atoms with Crippen molar-refractivity contribution in [2.75, 3.05) is 18.9 Å². The van der Waals surface area contributed by atoms with Crippen LogP contribution in [0.25, 0.3) is 5.69 Å². The van der Waals surface area contributed by atoms with E-state index in [0.29, 0.717) is 17.0 Å². The molecule has 2 aliphatic rings. The van der Waals surface area contributed by atoms with Crippen LogP contribution in [-0.2, 0) is 16.0 Å². The average Bonchev–Trinajstić information content (AvgIpc) is 3.33. The highest BCUT2D eigenvalue weighted by Gasteiger charge is 2.27. The van der Waals surface area contributed by atoms with Crippen LogP contribution in [0.1, 0.15) is 36.6 Å². The molecule has 1 aromatic heterocycles. The molecule has 1 fully saturated rings. The molecule has 1 N–H and O–H groups in total. The van der Waals surface area contributed by atoms with Crippen LogP contribution in [0.5, 0.6) is 0 Å². The average molecular weight is 446 g/mol. The topological polar surface area (TPSA) is 73.2 Å². The number of hydrogen-bond donors (Lipinski definition) is 1. The summed E-state index contributed by atoms with van der Waals surface area (Å²) in [5.74, 6) is 0.144. The monoisotopic (exact) mass is 445 g/mol. The van der Waals surface area contributed by atoms with E-state index in [1.54, 1.807) is 16.3 Å². The lowest BCUT2D eigenvalue weighted by Crippen LogP contribution is -2.33. The zero-order valence-corrected chi connectivity index (χ0v) is 19.2. The van der Waals surface area contributed by atoms with Crippen molar-refractivity contribution in [3.63, 3.8) is 0 Å². The molecule has 0 spiro atoms. The molecule has 1 aromatic carbocycles. The summed E-state index contributed by atoms with van der Waals surface area (Å²) >= 11 is 2.91. The smallest absolute Gasteiger partial charge is 0.272 e. The molecule has 6 nitrogen and oxygen atoms in total. The number of fused-ring (bicyclic) bond motifs is 1. The molecule has 0 aliphatic carbocycles. The first-order valence-corrected chi connectivity index (χ1v) is 12.2. The summed E-state index contributed by atoms with van der Waals surface area (Å²) in [6.45, 7) is 7.45. The highest BCUT2D eigenvalue weighted by molar-refractivity contribution is 8.00. The maximum Gasteiger partial charge on any atom is 0.272 e. The number of carbonyl (C=O) groups excluding carboxylic acids is 1. The van der Waals surface area contributed by atoms with Gasteiger partial charge in [-0.1, -0.05) is 24.8 Å². The third kappa shape index (κ3) is 4.76. The molecule has 160 valence electrons. The third-order valence-electron chi connectivity index (χ3n) is 5.23. The Balaban J connectivity index is 1.59. The Morgan fingerprint density at radius 1 is 1.33 bits per heavy atom. The quantitative estimate of drug-likeness (QED) is 0.543. The van der Waals surface area contributed by atoms with E-state index in [0.717, 1.165) is 53.3 Å². The second-order valence-electron chi connectivity index (χ2n) is 8.02. The number of nitrogens with one attached hydrogen (secondary N) is 1. The van der Waals surface area contributed by atoms with E-state index in [1.807, 2.05) is 26.0 Å². The van der Waals surface area contributed by atoms with Crippen LogP contribution in [0.2, 0.25) is 0 Å². The van der Waals surface area contributed by atoms with Crippen LogP contribution in [0.15, 0.2) is 33.0 Å². The number of hydrogen-bond acceptors (Lipinski definition) is 6. The minimum absolute atomic E-state index is 0.0402. The van der Waals surface area contributed by atoms with Gasteiger partial charge >= 0.3 is 0 Å². The molecular weight excluding hydrogens is 418 g/mol. The zero-order chi connectivity index (χ0) is 21.3. The van der Waals surface area contributed by atoms with E-state index >= 15 is 0 Å². The standard InChI is InChI=1S/C22H27N3O3S2/c1-13-7-14(2)9-16(8-13)25-21(27)20-18(10-15(3)30-20)24-22(25)29-12-19(26)23-11-17-5-4-6-28-17/h7-9,15,17H,4-6,10-12H2,1-3H3,(H,23,26)/t15-,17+/m1/s1. The molecular formula is C22H27N3O3S2. The van der Waals surface area contributed by atoms with Gasteiger partial charge in [-0.25, -0.2) is 4.98 Å². The second-order valence-corrected chi connectivity index (χ2v) is 10.4. The normalized spacial score (nSPS) is 20.4. The molecule has 4 rings (SSSR count). The molecule has 0 unspecified atom stereocenters. The summed E-state index contributed by atoms with van der Waals surface area (Å²) in [7, 11) is 0. The van der Waals surface area contributed by atoms with Gasteiger partial charge in [-0.2, -0.15) is 0 Å². The van der Waals surface area contributed by atoms with Crippen LogP contribution in [0.3, 0.4) is 0 Å². The first-order valence-electron chi connectivity index (χ1n) is 10.3. The number of rotatable bonds is 6. The minimum Gasteiger partial charge on any atom is -0.376 e. The molecule has 0 radical (unpaired) electrons. The number of aryl methyl sites for hydroxylation is 2. The maximum absolute atomic E-state index is 13.4. The highest BCUT2D eigenvalue weighted by atomic mass is 32.2. The van der Waals surface area contributed by atoms with Crippen molar-refractivity contribution in [1.29, 1.82) is 0 Å². The van der Waals surface area contributed by atoms with Gasteiger partial charge in [0, 0.05) is 24.8 Å². The summed E-state index contributed by atoms with van der Waals surface area (Å²) < 4.78 is 7.23. The SMILES string of the molecule is Cc1cc(C)cc(-n2c(SCC(=O)NC[C@@H]3CCCO3)nc3c(c2=O)S[C@H](C)C3)c1. The summed E-state index contributed by atoms with van der Waals surface area (Å²) in [4.78, 5) is 31.3. The van der Waals surface area contributed by atoms with Gasteiger partial charge in [-0.05, 0) is 49.9 Å². The Labute approximate surface area is 185 Å². The summed E-state index contributed by atoms with van der Waals surface area (Å²) in [5, 5.41) is 3.85. The van der Waals surface area contributed by atoms with Crippen molar-refractivity contribution in [3.8, 4) is 5.69 Å². The third-order valence-corrected chi connectivity index (χ3v) is 7.38. The Bertz CT molecular complexity index is 995. The van der Waals surface area contributed by atoms with Gasteiger partial charge in [0.1, 0.15) is 0 Å². The molecule has 0 saturated carbocycles. The van der Waals surface area contributed by atoms with Crippen LogP contribution >= 0.6 is 23.5 Å². The predicted octanol–water partition coefficient (Wildman–Crippen LogP) is 3.27. The maximum atomic E-state index is 13.4. The fourth-order valence-electron chi connectivity index (χ4n) is 3.92. The lowest BCUT2D eigenvalue weighted by atomic mass is 10.1. The van der Waals surface area contributed by atoms with E-state index < -0.39 is 0 Å². The van der Waals surface area contributed by atoms with Crippen molar-refractivity contribution < 1.29 is 9.53 Å². The molecule has 2 aliphatic heterocycles. The lowest BCUT2D eigenvalue weighted by molar-refractivity contribution is -0.119. The number of amides is 1. The number of ether oxygens (including phenoxy) is 1. The van der Waals surface area contributed by atoms with Crippen molar-refractivity contribution in [1.82, 2.24) is 14.9 Å². The largest absolute Gasteiger partial charge is 0.376 e. The second kappa shape index (κ2) is 9.16. The van der Waals surface area contributed by atoms with E-state index in [1.165, 1.54) is 11.8 Å². The Kier molecular flexibility index (Phi) is 6.55. The number of thioether (sulfide) groups is 2. The minimum atomic E-state index is -0.0695. The Morgan fingerprint density at radius 2 is 2.10 bits per heavy atom. The number of nitrogens with zero attached hydrogens (tertiary/aromatic N) is 2. The van der Waals surface area contributed by atoms with Crippen molar-refractivity contribution in [2.45, 2.75) is 61.4 Å². The van der Waals surface area contributed by atoms with Crippen LogP contribution < -0.4 is 10.9 Å². The highest BCUT2D eigenvalue weighted by Crippen LogP contribution is 2.35. The Hall–Kier alpha value is -1.77. The first-order chi connectivity index (χ1) is 14.4. The summed E-state index contributed by atoms with van der Waals surface area (Å²) in [6, 6.07) is 6.07. The van der Waals surface area contributed by atoms with Crippen molar-refractivity contribution in [3.05, 3.63) is 45.4 Å². The first kappa shape index (κ1) is 21.5. The Morgan fingerprint density at radius 3 is 2.80 bits per heavy atom. The van der Waals surface area contributed by atoms with Crippen LogP contribution in [-0.4, -0.2) is 45.7 Å². The van der Waals surface area contributed by atoms with E-state index in [4.69, 9.17) is 9.72 Å². The molecule has 1 amide bonds. The van der Waals surface area contributed by atoms with Crippen LogP contribution in [0.4, 0.5) is 0 Å². The van der Waals surface area contributed by atoms with Gasteiger partial charge in [0.25, 0.3) is 5.56 Å². The molecule has 30 heavy (non-hydrogen) atoms. The van der Waals surface area contributed by atoms with Gasteiger partial charge in [0.05, 0.1) is 28.1 Å². The van der Waals surface area contributed by atoms with E-state index in [2.05, 4.69) is 18.3 Å². The van der Waals surface area contributed by atoms with E-state index in [9.17, 15) is 9.59 Å². The van der Waals surface area contributed by atoms with Gasteiger partial charge in [-0.15, -0.1) is 11.8 Å². The molecule has 2 atom stereocenters. The molecule has 2 aromatic rings. The summed E-state index contributed by atoms with van der Waals surface area (Å²) in [5.41, 5.74) is 3.78.